The van der Waals surface area contributed by atoms with E-state index in [1.807, 2.05) is 6.92 Å². The predicted octanol–water partition coefficient (Wildman–Crippen LogP) is 1.57. The van der Waals surface area contributed by atoms with Crippen LogP contribution in [0.15, 0.2) is 24.3 Å². The minimum atomic E-state index is -0.550. The van der Waals surface area contributed by atoms with Crippen LogP contribution >= 0.6 is 0 Å². The second kappa shape index (κ2) is 7.73. The van der Waals surface area contributed by atoms with Crippen LogP contribution in [0.3, 0.4) is 0 Å². The SMILES string of the molecule is CCCOC(=O)c1ccccc1C(=O)N1C[C@H](OC(C)=O)CO1. The van der Waals surface area contributed by atoms with Crippen molar-refractivity contribution in [2.45, 2.75) is 26.4 Å². The van der Waals surface area contributed by atoms with E-state index in [2.05, 4.69) is 0 Å². The third-order valence-corrected chi connectivity index (χ3v) is 3.16. The highest BCUT2D eigenvalue weighted by molar-refractivity contribution is 6.05. The molecule has 1 aliphatic rings. The summed E-state index contributed by atoms with van der Waals surface area (Å²) in [5.41, 5.74) is 0.377. The number of carbonyl (C=O) groups is 3. The Balaban J connectivity index is 2.11. The first-order chi connectivity index (χ1) is 11.0. The Hall–Kier alpha value is -2.41. The first kappa shape index (κ1) is 17.0. The van der Waals surface area contributed by atoms with Crippen LogP contribution in [0.1, 0.15) is 41.0 Å². The molecule has 1 fully saturated rings. The van der Waals surface area contributed by atoms with Crippen molar-refractivity contribution in [3.63, 3.8) is 0 Å². The Morgan fingerprint density at radius 3 is 2.61 bits per heavy atom. The highest BCUT2D eigenvalue weighted by atomic mass is 16.7. The van der Waals surface area contributed by atoms with E-state index in [9.17, 15) is 14.4 Å². The largest absolute Gasteiger partial charge is 0.462 e. The average molecular weight is 321 g/mol. The van der Waals surface area contributed by atoms with E-state index in [1.54, 1.807) is 12.1 Å². The lowest BCUT2D eigenvalue weighted by atomic mass is 10.1. The smallest absolute Gasteiger partial charge is 0.338 e. The summed E-state index contributed by atoms with van der Waals surface area (Å²) in [5.74, 6) is -1.45. The van der Waals surface area contributed by atoms with Gasteiger partial charge in [-0.25, -0.2) is 9.86 Å². The van der Waals surface area contributed by atoms with Gasteiger partial charge in [-0.3, -0.25) is 14.4 Å². The highest BCUT2D eigenvalue weighted by Gasteiger charge is 2.32. The maximum atomic E-state index is 12.5. The molecular weight excluding hydrogens is 302 g/mol. The van der Waals surface area contributed by atoms with Crippen molar-refractivity contribution in [2.75, 3.05) is 19.8 Å². The van der Waals surface area contributed by atoms with Crippen molar-refractivity contribution >= 4 is 17.8 Å². The number of hydrogen-bond donors (Lipinski definition) is 0. The molecule has 7 heteroatoms. The number of rotatable bonds is 5. The van der Waals surface area contributed by atoms with Gasteiger partial charge < -0.3 is 9.47 Å². The van der Waals surface area contributed by atoms with Crippen LogP contribution in [0.4, 0.5) is 0 Å². The molecule has 1 heterocycles. The Morgan fingerprint density at radius 2 is 1.96 bits per heavy atom. The Kier molecular flexibility index (Phi) is 5.70. The van der Waals surface area contributed by atoms with Crippen molar-refractivity contribution in [2.24, 2.45) is 0 Å². The normalized spacial score (nSPS) is 17.0. The van der Waals surface area contributed by atoms with E-state index in [1.165, 1.54) is 19.1 Å². The van der Waals surface area contributed by atoms with Crippen LogP contribution in [-0.2, 0) is 19.1 Å². The lowest BCUT2D eigenvalue weighted by molar-refractivity contribution is -0.145. The zero-order valence-electron chi connectivity index (χ0n) is 13.1. The molecule has 23 heavy (non-hydrogen) atoms. The van der Waals surface area contributed by atoms with Crippen molar-refractivity contribution in [1.82, 2.24) is 5.06 Å². The lowest BCUT2D eigenvalue weighted by Gasteiger charge is -2.16. The molecule has 0 aliphatic carbocycles. The van der Waals surface area contributed by atoms with Gasteiger partial charge in [0.2, 0.25) is 0 Å². The zero-order valence-corrected chi connectivity index (χ0v) is 13.1. The first-order valence-electron chi connectivity index (χ1n) is 7.41. The maximum absolute atomic E-state index is 12.5. The van der Waals surface area contributed by atoms with Gasteiger partial charge >= 0.3 is 11.9 Å². The third-order valence-electron chi connectivity index (χ3n) is 3.16. The minimum Gasteiger partial charge on any atom is -0.462 e. The Bertz CT molecular complexity index is 600. The molecule has 0 spiro atoms. The predicted molar refractivity (Wildman–Crippen MR) is 79.6 cm³/mol. The quantitative estimate of drug-likeness (QED) is 0.766. The zero-order chi connectivity index (χ0) is 16.8. The summed E-state index contributed by atoms with van der Waals surface area (Å²) < 4.78 is 10.1. The summed E-state index contributed by atoms with van der Waals surface area (Å²) in [6.45, 7) is 3.70. The minimum absolute atomic E-state index is 0.105. The van der Waals surface area contributed by atoms with Gasteiger partial charge in [0.1, 0.15) is 12.7 Å². The van der Waals surface area contributed by atoms with Gasteiger partial charge in [-0.05, 0) is 18.6 Å². The van der Waals surface area contributed by atoms with Crippen molar-refractivity contribution in [3.8, 4) is 0 Å². The van der Waals surface area contributed by atoms with Gasteiger partial charge in [-0.15, -0.1) is 0 Å². The number of benzene rings is 1. The van der Waals surface area contributed by atoms with Crippen LogP contribution in [0.2, 0.25) is 0 Å². The molecule has 1 aromatic carbocycles. The molecule has 2 rings (SSSR count). The first-order valence-corrected chi connectivity index (χ1v) is 7.41. The van der Waals surface area contributed by atoms with E-state index >= 15 is 0 Å². The molecule has 1 atom stereocenters. The summed E-state index contributed by atoms with van der Waals surface area (Å²) in [6.07, 6.45) is 0.192. The number of ether oxygens (including phenoxy) is 2. The van der Waals surface area contributed by atoms with Gasteiger partial charge in [-0.1, -0.05) is 19.1 Å². The van der Waals surface area contributed by atoms with Gasteiger partial charge in [0.15, 0.2) is 0 Å². The summed E-state index contributed by atoms with van der Waals surface area (Å²) in [5, 5.41) is 1.10. The van der Waals surface area contributed by atoms with E-state index < -0.39 is 23.9 Å². The van der Waals surface area contributed by atoms with Crippen molar-refractivity contribution < 1.29 is 28.7 Å². The molecule has 0 aromatic heterocycles. The number of hydroxylamine groups is 2. The average Bonchev–Trinajstić information content (AvgIpc) is 2.99. The Labute approximate surface area is 134 Å². The van der Waals surface area contributed by atoms with E-state index in [4.69, 9.17) is 14.3 Å². The van der Waals surface area contributed by atoms with Crippen LogP contribution in [0, 0.1) is 0 Å². The second-order valence-electron chi connectivity index (χ2n) is 5.07. The van der Waals surface area contributed by atoms with Gasteiger partial charge in [0.05, 0.1) is 24.3 Å². The molecule has 0 unspecified atom stereocenters. The monoisotopic (exact) mass is 321 g/mol. The maximum Gasteiger partial charge on any atom is 0.338 e. The van der Waals surface area contributed by atoms with Crippen LogP contribution < -0.4 is 0 Å². The van der Waals surface area contributed by atoms with Crippen molar-refractivity contribution in [3.05, 3.63) is 35.4 Å². The van der Waals surface area contributed by atoms with Crippen LogP contribution in [0.25, 0.3) is 0 Å². The molecule has 124 valence electrons. The molecule has 0 bridgehead atoms. The molecule has 0 N–H and O–H groups in total. The fraction of sp³-hybridized carbons (Fsp3) is 0.438. The lowest BCUT2D eigenvalue weighted by Crippen LogP contribution is -2.31. The molecule has 1 aromatic rings. The topological polar surface area (TPSA) is 82.1 Å². The number of nitrogens with zero attached hydrogens (tertiary/aromatic N) is 1. The molecule has 1 saturated heterocycles. The fourth-order valence-corrected chi connectivity index (χ4v) is 2.17. The van der Waals surface area contributed by atoms with Gasteiger partial charge in [0, 0.05) is 6.92 Å². The summed E-state index contributed by atoms with van der Waals surface area (Å²) in [4.78, 5) is 40.8. The summed E-state index contributed by atoms with van der Waals surface area (Å²) >= 11 is 0. The number of amides is 1. The van der Waals surface area contributed by atoms with E-state index in [-0.39, 0.29) is 30.9 Å². The summed E-state index contributed by atoms with van der Waals surface area (Å²) in [6, 6.07) is 6.38. The van der Waals surface area contributed by atoms with E-state index in [0.717, 1.165) is 5.06 Å². The van der Waals surface area contributed by atoms with Crippen LogP contribution in [0.5, 0.6) is 0 Å². The standard InChI is InChI=1S/C16H19NO6/c1-3-8-21-16(20)14-7-5-4-6-13(14)15(19)17-9-12(10-22-17)23-11(2)18/h4-7,12H,3,8-10H2,1-2H3/t12-/m0/s1. The molecular formula is C16H19NO6. The number of esters is 2. The number of carbonyl (C=O) groups excluding carboxylic acids is 3. The van der Waals surface area contributed by atoms with Gasteiger partial charge in [0.25, 0.3) is 5.91 Å². The molecule has 7 nitrogen and oxygen atoms in total. The van der Waals surface area contributed by atoms with Crippen molar-refractivity contribution in [1.29, 1.82) is 0 Å². The van der Waals surface area contributed by atoms with E-state index in [0.29, 0.717) is 6.42 Å². The van der Waals surface area contributed by atoms with Gasteiger partial charge in [-0.2, -0.15) is 0 Å². The molecule has 1 aliphatic heterocycles. The fourth-order valence-electron chi connectivity index (χ4n) is 2.17. The summed E-state index contributed by atoms with van der Waals surface area (Å²) in [7, 11) is 0. The third kappa shape index (κ3) is 4.29. The Morgan fingerprint density at radius 1 is 1.26 bits per heavy atom. The van der Waals surface area contributed by atoms with Crippen LogP contribution in [-0.4, -0.2) is 48.8 Å². The molecule has 0 saturated carbocycles. The molecule has 1 amide bonds. The number of hydrogen-bond acceptors (Lipinski definition) is 6. The highest BCUT2D eigenvalue weighted by Crippen LogP contribution is 2.18. The molecule has 0 radical (unpaired) electrons. The second-order valence-corrected chi connectivity index (χ2v) is 5.07.